The van der Waals surface area contributed by atoms with Crippen LogP contribution < -0.4 is 19.6 Å². The number of methoxy groups -OCH3 is 1. The van der Waals surface area contributed by atoms with E-state index in [1.807, 2.05) is 0 Å². The molecule has 1 saturated heterocycles. The van der Waals surface area contributed by atoms with Gasteiger partial charge in [0.15, 0.2) is 16.6 Å². The second-order valence-corrected chi connectivity index (χ2v) is 9.07. The van der Waals surface area contributed by atoms with E-state index in [-0.39, 0.29) is 31.6 Å². The van der Waals surface area contributed by atoms with Gasteiger partial charge < -0.3 is 8.92 Å². The zero-order chi connectivity index (χ0) is 22.1. The maximum Gasteiger partial charge on any atom is 0.339 e. The SMILES string of the molecule is COc1cc(C=C2C(=O)NC(=S)NC2=O)cc(Br)c1OS(=O)(=O)c1ccc(Cl)cc1. The molecule has 12 heteroatoms. The molecule has 2 N–H and O–H groups in total. The summed E-state index contributed by atoms with van der Waals surface area (Å²) < 4.78 is 35.9. The van der Waals surface area contributed by atoms with Gasteiger partial charge in [-0.15, -0.1) is 0 Å². The number of carbonyl (C=O) groups excluding carboxylic acids is 2. The van der Waals surface area contributed by atoms with Crippen LogP contribution in [0.5, 0.6) is 11.5 Å². The Balaban J connectivity index is 1.98. The van der Waals surface area contributed by atoms with Crippen LogP contribution in [0, 0.1) is 0 Å². The molecule has 0 spiro atoms. The van der Waals surface area contributed by atoms with E-state index >= 15 is 0 Å². The first kappa shape index (κ1) is 22.2. The van der Waals surface area contributed by atoms with Crippen LogP contribution in [0.3, 0.4) is 0 Å². The van der Waals surface area contributed by atoms with E-state index in [1.165, 1.54) is 49.6 Å². The summed E-state index contributed by atoms with van der Waals surface area (Å²) in [7, 11) is -2.86. The minimum Gasteiger partial charge on any atom is -0.493 e. The van der Waals surface area contributed by atoms with Crippen LogP contribution >= 0.6 is 39.7 Å². The van der Waals surface area contributed by atoms with Crippen molar-refractivity contribution in [3.05, 3.63) is 57.0 Å². The van der Waals surface area contributed by atoms with Crippen LogP contribution in [0.2, 0.25) is 5.02 Å². The number of thiocarbonyl (C=S) groups is 1. The van der Waals surface area contributed by atoms with Crippen molar-refractivity contribution in [3.63, 3.8) is 0 Å². The zero-order valence-electron chi connectivity index (χ0n) is 15.1. The van der Waals surface area contributed by atoms with Gasteiger partial charge in [-0.3, -0.25) is 20.2 Å². The third kappa shape index (κ3) is 4.81. The van der Waals surface area contributed by atoms with Gasteiger partial charge >= 0.3 is 10.1 Å². The molecule has 8 nitrogen and oxygen atoms in total. The molecule has 0 radical (unpaired) electrons. The highest BCUT2D eigenvalue weighted by atomic mass is 79.9. The van der Waals surface area contributed by atoms with Gasteiger partial charge in [0, 0.05) is 5.02 Å². The number of hydrogen-bond acceptors (Lipinski definition) is 7. The molecule has 2 aromatic rings. The van der Waals surface area contributed by atoms with Crippen molar-refractivity contribution in [2.75, 3.05) is 7.11 Å². The molecule has 1 heterocycles. The van der Waals surface area contributed by atoms with Crippen molar-refractivity contribution in [3.8, 4) is 11.5 Å². The Kier molecular flexibility index (Phi) is 6.46. The molecule has 0 bridgehead atoms. The second kappa shape index (κ2) is 8.72. The zero-order valence-corrected chi connectivity index (χ0v) is 19.0. The third-order valence-electron chi connectivity index (χ3n) is 3.80. The highest BCUT2D eigenvalue weighted by molar-refractivity contribution is 9.10. The molecule has 156 valence electrons. The Labute approximate surface area is 190 Å². The number of carbonyl (C=O) groups is 2. The van der Waals surface area contributed by atoms with Gasteiger partial charge in [0.2, 0.25) is 0 Å². The summed E-state index contributed by atoms with van der Waals surface area (Å²) in [4.78, 5) is 23.9. The molecule has 2 amide bonds. The van der Waals surface area contributed by atoms with Crippen LogP contribution in [-0.2, 0) is 19.7 Å². The molecule has 0 aliphatic carbocycles. The second-order valence-electron chi connectivity index (χ2n) is 5.82. The number of amides is 2. The van der Waals surface area contributed by atoms with Crippen molar-refractivity contribution >= 4 is 72.9 Å². The predicted molar refractivity (Wildman–Crippen MR) is 117 cm³/mol. The van der Waals surface area contributed by atoms with Crippen LogP contribution in [0.15, 0.2) is 51.3 Å². The summed E-state index contributed by atoms with van der Waals surface area (Å²) in [5, 5.41) is 4.94. The molecule has 1 aliphatic rings. The van der Waals surface area contributed by atoms with Gasteiger partial charge in [0.1, 0.15) is 10.5 Å². The number of hydrogen-bond donors (Lipinski definition) is 2. The normalized spacial score (nSPS) is 14.1. The molecule has 0 aromatic heterocycles. The topological polar surface area (TPSA) is 111 Å². The monoisotopic (exact) mass is 530 g/mol. The summed E-state index contributed by atoms with van der Waals surface area (Å²) in [6, 6.07) is 8.34. The summed E-state index contributed by atoms with van der Waals surface area (Å²) in [5.74, 6) is -1.37. The quantitative estimate of drug-likeness (QED) is 0.264. The fourth-order valence-corrected chi connectivity index (χ4v) is 4.35. The first-order valence-corrected chi connectivity index (χ1v) is 11.1. The van der Waals surface area contributed by atoms with E-state index in [2.05, 4.69) is 26.6 Å². The summed E-state index contributed by atoms with van der Waals surface area (Å²) in [6.07, 6.45) is 1.30. The maximum absolute atomic E-state index is 12.6. The smallest absolute Gasteiger partial charge is 0.339 e. The lowest BCUT2D eigenvalue weighted by Gasteiger charge is -2.17. The van der Waals surface area contributed by atoms with Gasteiger partial charge in [-0.2, -0.15) is 8.42 Å². The molecule has 0 atom stereocenters. The van der Waals surface area contributed by atoms with E-state index in [9.17, 15) is 18.0 Å². The van der Waals surface area contributed by atoms with Crippen molar-refractivity contribution in [1.29, 1.82) is 0 Å². The van der Waals surface area contributed by atoms with Crippen LogP contribution in [-0.4, -0.2) is 32.5 Å². The minimum atomic E-state index is -4.18. The average molecular weight is 532 g/mol. The number of halogens is 2. The largest absolute Gasteiger partial charge is 0.493 e. The maximum atomic E-state index is 12.6. The number of benzene rings is 2. The van der Waals surface area contributed by atoms with E-state index in [0.717, 1.165) is 0 Å². The van der Waals surface area contributed by atoms with Gasteiger partial charge in [0.25, 0.3) is 11.8 Å². The molecule has 1 fully saturated rings. The van der Waals surface area contributed by atoms with Crippen LogP contribution in [0.25, 0.3) is 6.08 Å². The number of rotatable bonds is 5. The van der Waals surface area contributed by atoms with Gasteiger partial charge in [-0.1, -0.05) is 11.6 Å². The Morgan fingerprint density at radius 3 is 2.27 bits per heavy atom. The first-order valence-electron chi connectivity index (χ1n) is 8.06. The molecule has 0 unspecified atom stereocenters. The fourth-order valence-electron chi connectivity index (χ4n) is 2.44. The molecular weight excluding hydrogens is 520 g/mol. The highest BCUT2D eigenvalue weighted by Gasteiger charge is 2.26. The van der Waals surface area contributed by atoms with E-state index < -0.39 is 21.9 Å². The Morgan fingerprint density at radius 2 is 1.70 bits per heavy atom. The molecule has 1 aliphatic heterocycles. The molecule has 2 aromatic carbocycles. The van der Waals surface area contributed by atoms with Crippen molar-refractivity contribution < 1.29 is 26.9 Å². The lowest BCUT2D eigenvalue weighted by Crippen LogP contribution is -2.51. The van der Waals surface area contributed by atoms with E-state index in [0.29, 0.717) is 10.6 Å². The van der Waals surface area contributed by atoms with Crippen molar-refractivity contribution in [1.82, 2.24) is 10.6 Å². The van der Waals surface area contributed by atoms with Gasteiger partial charge in [-0.25, -0.2) is 0 Å². The summed E-state index contributed by atoms with van der Waals surface area (Å²) in [6.45, 7) is 0. The minimum absolute atomic E-state index is 0.0564. The van der Waals surface area contributed by atoms with Crippen molar-refractivity contribution in [2.24, 2.45) is 0 Å². The Bertz CT molecular complexity index is 1170. The highest BCUT2D eigenvalue weighted by Crippen LogP contribution is 2.39. The van der Waals surface area contributed by atoms with Gasteiger partial charge in [0.05, 0.1) is 11.6 Å². The van der Waals surface area contributed by atoms with Crippen LogP contribution in [0.1, 0.15) is 5.56 Å². The van der Waals surface area contributed by atoms with E-state index in [1.54, 1.807) is 0 Å². The predicted octanol–water partition coefficient (Wildman–Crippen LogP) is 2.79. The van der Waals surface area contributed by atoms with Crippen LogP contribution in [0.4, 0.5) is 0 Å². The molecule has 3 rings (SSSR count). The summed E-state index contributed by atoms with van der Waals surface area (Å²) in [5.41, 5.74) is 0.197. The summed E-state index contributed by atoms with van der Waals surface area (Å²) >= 11 is 13.8. The van der Waals surface area contributed by atoms with Crippen molar-refractivity contribution in [2.45, 2.75) is 4.90 Å². The Morgan fingerprint density at radius 1 is 1.10 bits per heavy atom. The van der Waals surface area contributed by atoms with Gasteiger partial charge in [-0.05, 0) is 76.2 Å². The fraction of sp³-hybridized carbons (Fsp3) is 0.0556. The molecular formula is C18H12BrClN2O6S2. The average Bonchev–Trinajstić information content (AvgIpc) is 2.66. The van der Waals surface area contributed by atoms with E-state index in [4.69, 9.17) is 32.7 Å². The number of nitrogens with one attached hydrogen (secondary N) is 2. The molecule has 30 heavy (non-hydrogen) atoms. The third-order valence-corrected chi connectivity index (χ3v) is 6.08. The number of ether oxygens (including phenoxy) is 1. The standard InChI is InChI=1S/C18H12BrClN2O6S2/c1-27-14-8-9(6-12-16(23)21-18(29)22-17(12)24)7-13(19)15(14)28-30(25,26)11-4-2-10(20)3-5-11/h2-8H,1H3,(H2,21,22,23,24,29). The molecule has 0 saturated carbocycles. The lowest BCUT2D eigenvalue weighted by molar-refractivity contribution is -0.123. The Hall–Kier alpha value is -2.47. The first-order chi connectivity index (χ1) is 14.1. The lowest BCUT2D eigenvalue weighted by atomic mass is 10.1.